The molecule has 5 rings (SSSR count). The average Bonchev–Trinajstić information content (AvgIpc) is 3.25. The second-order valence-electron chi connectivity index (χ2n) is 8.90. The van der Waals surface area contributed by atoms with Crippen LogP contribution in [0.2, 0.25) is 5.02 Å². The summed E-state index contributed by atoms with van der Waals surface area (Å²) in [5.41, 5.74) is 1.82. The van der Waals surface area contributed by atoms with Crippen molar-refractivity contribution < 1.29 is 14.3 Å². The molecule has 1 atom stereocenters. The van der Waals surface area contributed by atoms with Crippen molar-refractivity contribution in [3.05, 3.63) is 79.9 Å². The van der Waals surface area contributed by atoms with Crippen LogP contribution in [0.5, 0.6) is 5.75 Å². The summed E-state index contributed by atoms with van der Waals surface area (Å²) in [6.45, 7) is 4.65. The molecular formula is C27H25ClN2O4S2. The van der Waals surface area contributed by atoms with Gasteiger partial charge in [-0.15, -0.1) is 11.3 Å². The number of carbonyl (C=O) groups excluding carboxylic acids is 1. The van der Waals surface area contributed by atoms with Gasteiger partial charge in [0.25, 0.3) is 5.56 Å². The fourth-order valence-electron chi connectivity index (χ4n) is 4.23. The number of benzene rings is 2. The number of hydrogen-bond donors (Lipinski definition) is 0. The van der Waals surface area contributed by atoms with Gasteiger partial charge < -0.3 is 9.47 Å². The molecule has 1 unspecified atom stereocenters. The topological polar surface area (TPSA) is 70.4 Å². The molecule has 0 saturated carbocycles. The maximum absolute atomic E-state index is 14.0. The second-order valence-corrected chi connectivity index (χ2v) is 11.4. The van der Waals surface area contributed by atoms with E-state index in [0.717, 1.165) is 16.9 Å². The van der Waals surface area contributed by atoms with Crippen molar-refractivity contribution in [3.8, 4) is 11.4 Å². The predicted octanol–water partition coefficient (Wildman–Crippen LogP) is 6.33. The van der Waals surface area contributed by atoms with Gasteiger partial charge in [0.2, 0.25) is 0 Å². The predicted molar refractivity (Wildman–Crippen MR) is 145 cm³/mol. The number of aromatic nitrogens is 2. The van der Waals surface area contributed by atoms with Crippen molar-refractivity contribution in [2.45, 2.75) is 44.1 Å². The van der Waals surface area contributed by atoms with E-state index in [-0.39, 0.29) is 22.7 Å². The minimum atomic E-state index is -0.309. The minimum Gasteiger partial charge on any atom is -0.497 e. The monoisotopic (exact) mass is 540 g/mol. The third-order valence-corrected chi connectivity index (χ3v) is 8.85. The molecule has 0 bridgehead atoms. The molecule has 2 aromatic carbocycles. The fraction of sp³-hybridized carbons (Fsp3) is 0.296. The number of Topliss-reactive ketones (excluding diaryl/α,β-unsaturated/α-hetero) is 1. The molecule has 36 heavy (non-hydrogen) atoms. The Kier molecular flexibility index (Phi) is 6.96. The molecule has 0 amide bonds. The van der Waals surface area contributed by atoms with Gasteiger partial charge in [0, 0.05) is 21.9 Å². The van der Waals surface area contributed by atoms with E-state index < -0.39 is 0 Å². The van der Waals surface area contributed by atoms with Gasteiger partial charge in [-0.25, -0.2) is 4.98 Å². The molecule has 1 aliphatic heterocycles. The van der Waals surface area contributed by atoms with Gasteiger partial charge >= 0.3 is 0 Å². The SMILES string of the molecule is CCC1(C)Cc2c(sc3nc(SCC(=O)c4ccc(Cl)cc4)n(-c4ccc(OC)cc4)c(=O)c23)CO1. The molecule has 0 radical (unpaired) electrons. The van der Waals surface area contributed by atoms with Gasteiger partial charge in [0.15, 0.2) is 10.9 Å². The summed E-state index contributed by atoms with van der Waals surface area (Å²) in [6, 6.07) is 14.1. The van der Waals surface area contributed by atoms with E-state index in [0.29, 0.717) is 50.4 Å². The highest BCUT2D eigenvalue weighted by Crippen LogP contribution is 2.39. The lowest BCUT2D eigenvalue weighted by atomic mass is 9.90. The minimum absolute atomic E-state index is 0.0649. The number of rotatable bonds is 7. The molecular weight excluding hydrogens is 516 g/mol. The lowest BCUT2D eigenvalue weighted by molar-refractivity contribution is -0.0543. The van der Waals surface area contributed by atoms with Crippen molar-refractivity contribution in [2.75, 3.05) is 12.9 Å². The molecule has 0 fully saturated rings. The number of ether oxygens (including phenoxy) is 2. The lowest BCUT2D eigenvalue weighted by Gasteiger charge is -2.32. The van der Waals surface area contributed by atoms with Crippen LogP contribution in [0, 0.1) is 0 Å². The Labute approximate surface area is 222 Å². The van der Waals surface area contributed by atoms with Gasteiger partial charge in [-0.2, -0.15) is 0 Å². The first-order valence-electron chi connectivity index (χ1n) is 11.6. The number of carbonyl (C=O) groups is 1. The quantitative estimate of drug-likeness (QED) is 0.155. The summed E-state index contributed by atoms with van der Waals surface area (Å²) in [5, 5.41) is 1.68. The van der Waals surface area contributed by atoms with Crippen LogP contribution >= 0.6 is 34.7 Å². The Morgan fingerprint density at radius 2 is 1.94 bits per heavy atom. The second kappa shape index (κ2) is 10.0. The highest BCUT2D eigenvalue weighted by Gasteiger charge is 2.33. The van der Waals surface area contributed by atoms with Crippen molar-refractivity contribution >= 4 is 50.7 Å². The Morgan fingerprint density at radius 3 is 2.61 bits per heavy atom. The molecule has 186 valence electrons. The molecule has 6 nitrogen and oxygen atoms in total. The summed E-state index contributed by atoms with van der Waals surface area (Å²) in [5.74, 6) is 0.763. The fourth-order valence-corrected chi connectivity index (χ4v) is 6.41. The third kappa shape index (κ3) is 4.70. The van der Waals surface area contributed by atoms with E-state index in [1.54, 1.807) is 35.9 Å². The molecule has 4 aromatic rings. The van der Waals surface area contributed by atoms with Crippen molar-refractivity contribution in [1.29, 1.82) is 0 Å². The number of nitrogens with zero attached hydrogens (tertiary/aromatic N) is 2. The Hall–Kier alpha value is -2.65. The Bertz CT molecular complexity index is 1500. The third-order valence-electron chi connectivity index (χ3n) is 6.56. The highest BCUT2D eigenvalue weighted by atomic mass is 35.5. The van der Waals surface area contributed by atoms with Gasteiger partial charge in [0.1, 0.15) is 10.6 Å². The number of halogens is 1. The largest absolute Gasteiger partial charge is 0.497 e. The highest BCUT2D eigenvalue weighted by molar-refractivity contribution is 7.99. The normalized spacial score (nSPS) is 17.2. The van der Waals surface area contributed by atoms with E-state index >= 15 is 0 Å². The standard InChI is InChI=1S/C27H25ClN2O4S2/c1-4-27(2)13-20-22(14-34-27)36-24-23(20)25(32)30(18-9-11-19(33-3)12-10-18)26(29-24)35-15-21(31)16-5-7-17(28)8-6-16/h5-12H,4,13-15H2,1-3H3. The smallest absolute Gasteiger partial charge is 0.267 e. The molecule has 1 aliphatic rings. The summed E-state index contributed by atoms with van der Waals surface area (Å²) in [6.07, 6.45) is 1.52. The van der Waals surface area contributed by atoms with Gasteiger partial charge in [-0.05, 0) is 67.4 Å². The van der Waals surface area contributed by atoms with E-state index in [4.69, 9.17) is 26.1 Å². The zero-order chi connectivity index (χ0) is 25.4. The first-order valence-corrected chi connectivity index (χ1v) is 13.8. The van der Waals surface area contributed by atoms with Gasteiger partial charge in [0.05, 0.1) is 36.1 Å². The van der Waals surface area contributed by atoms with E-state index in [2.05, 4.69) is 13.8 Å². The number of hydrogen-bond acceptors (Lipinski definition) is 7. The van der Waals surface area contributed by atoms with Crippen molar-refractivity contribution in [1.82, 2.24) is 9.55 Å². The molecule has 2 aromatic heterocycles. The molecule has 0 spiro atoms. The van der Waals surface area contributed by atoms with Crippen molar-refractivity contribution in [2.24, 2.45) is 0 Å². The van der Waals surface area contributed by atoms with Crippen LogP contribution in [0.25, 0.3) is 15.9 Å². The van der Waals surface area contributed by atoms with Crippen LogP contribution < -0.4 is 10.3 Å². The van der Waals surface area contributed by atoms with Crippen molar-refractivity contribution in [3.63, 3.8) is 0 Å². The van der Waals surface area contributed by atoms with Gasteiger partial charge in [-0.3, -0.25) is 14.2 Å². The maximum atomic E-state index is 14.0. The van der Waals surface area contributed by atoms with Gasteiger partial charge in [-0.1, -0.05) is 30.3 Å². The molecule has 0 N–H and O–H groups in total. The summed E-state index contributed by atoms with van der Waals surface area (Å²) in [4.78, 5) is 33.5. The number of ketones is 1. The zero-order valence-electron chi connectivity index (χ0n) is 20.2. The van der Waals surface area contributed by atoms with E-state index in [1.807, 2.05) is 24.3 Å². The first-order chi connectivity index (χ1) is 17.3. The van der Waals surface area contributed by atoms with Crippen LogP contribution in [-0.2, 0) is 17.8 Å². The lowest BCUT2D eigenvalue weighted by Crippen LogP contribution is -2.34. The number of thioether (sulfide) groups is 1. The molecule has 0 aliphatic carbocycles. The average molecular weight is 541 g/mol. The summed E-state index contributed by atoms with van der Waals surface area (Å²) in [7, 11) is 1.60. The van der Waals surface area contributed by atoms with Crippen LogP contribution in [0.4, 0.5) is 0 Å². The number of fused-ring (bicyclic) bond motifs is 3. The van der Waals surface area contributed by atoms with Crippen LogP contribution in [0.1, 0.15) is 41.1 Å². The molecule has 0 saturated heterocycles. The van der Waals surface area contributed by atoms with Crippen LogP contribution in [-0.4, -0.2) is 33.8 Å². The Balaban J connectivity index is 1.60. The maximum Gasteiger partial charge on any atom is 0.267 e. The first kappa shape index (κ1) is 25.0. The van der Waals surface area contributed by atoms with E-state index in [9.17, 15) is 9.59 Å². The number of thiophene rings is 1. The molecule has 9 heteroatoms. The zero-order valence-corrected chi connectivity index (χ0v) is 22.6. The van der Waals surface area contributed by atoms with E-state index in [1.165, 1.54) is 23.1 Å². The summed E-state index contributed by atoms with van der Waals surface area (Å²) >= 11 is 8.71. The molecule has 3 heterocycles. The summed E-state index contributed by atoms with van der Waals surface area (Å²) < 4.78 is 13.0. The van der Waals surface area contributed by atoms with Crippen LogP contribution in [0.15, 0.2) is 58.5 Å². The Morgan fingerprint density at radius 1 is 1.22 bits per heavy atom. The number of methoxy groups -OCH3 is 1. The van der Waals surface area contributed by atoms with Crippen LogP contribution in [0.3, 0.4) is 0 Å².